The van der Waals surface area contributed by atoms with E-state index in [4.69, 9.17) is 9.84 Å². The molecule has 1 aliphatic heterocycles. The highest BCUT2D eigenvalue weighted by molar-refractivity contribution is 5.81. The van der Waals surface area contributed by atoms with Crippen LogP contribution >= 0.6 is 0 Å². The lowest BCUT2D eigenvalue weighted by Gasteiger charge is -2.23. The lowest BCUT2D eigenvalue weighted by molar-refractivity contribution is -0.142. The van der Waals surface area contributed by atoms with Gasteiger partial charge in [-0.15, -0.1) is 0 Å². The molecule has 1 saturated heterocycles. The first kappa shape index (κ1) is 15.0. The molecule has 5 nitrogen and oxygen atoms in total. The second kappa shape index (κ2) is 5.69. The standard InChI is InChI=1S/C13H23NO4/c1-6(13(16)17)8(3)14-12(15)11-7(2)9(4)18-10(11)5/h6-11H,1-5H3,(H,14,15)(H,16,17). The Hall–Kier alpha value is -1.10. The molecule has 1 aliphatic rings. The molecule has 0 radical (unpaired) electrons. The van der Waals surface area contributed by atoms with Crippen LogP contribution in [0.25, 0.3) is 0 Å². The Morgan fingerprint density at radius 3 is 2.11 bits per heavy atom. The summed E-state index contributed by atoms with van der Waals surface area (Å²) in [5.74, 6) is -1.67. The summed E-state index contributed by atoms with van der Waals surface area (Å²) in [6.45, 7) is 9.14. The van der Waals surface area contributed by atoms with Crippen molar-refractivity contribution in [3.05, 3.63) is 0 Å². The number of hydrogen-bond donors (Lipinski definition) is 2. The minimum Gasteiger partial charge on any atom is -0.481 e. The van der Waals surface area contributed by atoms with E-state index in [1.54, 1.807) is 13.8 Å². The van der Waals surface area contributed by atoms with Crippen molar-refractivity contribution in [2.45, 2.75) is 52.9 Å². The number of aliphatic carboxylic acids is 1. The fourth-order valence-corrected chi connectivity index (χ4v) is 2.38. The van der Waals surface area contributed by atoms with E-state index in [1.165, 1.54) is 0 Å². The van der Waals surface area contributed by atoms with E-state index in [-0.39, 0.29) is 36.0 Å². The van der Waals surface area contributed by atoms with Crippen molar-refractivity contribution in [1.82, 2.24) is 5.32 Å². The van der Waals surface area contributed by atoms with Gasteiger partial charge < -0.3 is 15.2 Å². The first-order chi connectivity index (χ1) is 8.25. The zero-order valence-electron chi connectivity index (χ0n) is 11.6. The molecule has 1 amide bonds. The Labute approximate surface area is 108 Å². The van der Waals surface area contributed by atoms with Crippen molar-refractivity contribution in [2.75, 3.05) is 0 Å². The summed E-state index contributed by atoms with van der Waals surface area (Å²) in [5, 5.41) is 11.7. The predicted octanol–water partition coefficient (Wildman–Crippen LogP) is 1.27. The number of amides is 1. The number of hydrogen-bond acceptors (Lipinski definition) is 3. The largest absolute Gasteiger partial charge is 0.481 e. The monoisotopic (exact) mass is 257 g/mol. The van der Waals surface area contributed by atoms with Gasteiger partial charge in [0.15, 0.2) is 0 Å². The van der Waals surface area contributed by atoms with Crippen LogP contribution in [0.2, 0.25) is 0 Å². The number of nitrogens with one attached hydrogen (secondary N) is 1. The van der Waals surface area contributed by atoms with Crippen LogP contribution in [0.4, 0.5) is 0 Å². The van der Waals surface area contributed by atoms with Crippen LogP contribution in [-0.2, 0) is 14.3 Å². The van der Waals surface area contributed by atoms with E-state index in [0.29, 0.717) is 0 Å². The SMILES string of the molecule is CC(NC(=O)C1C(C)OC(C)C1C)C(C)C(=O)O. The Morgan fingerprint density at radius 1 is 1.17 bits per heavy atom. The van der Waals surface area contributed by atoms with Crippen LogP contribution in [-0.4, -0.2) is 35.2 Å². The van der Waals surface area contributed by atoms with Crippen molar-refractivity contribution in [1.29, 1.82) is 0 Å². The fourth-order valence-electron chi connectivity index (χ4n) is 2.38. The minimum atomic E-state index is -0.903. The maximum absolute atomic E-state index is 12.2. The molecular weight excluding hydrogens is 234 g/mol. The molecule has 104 valence electrons. The number of carbonyl (C=O) groups excluding carboxylic acids is 1. The van der Waals surface area contributed by atoms with E-state index in [2.05, 4.69) is 5.32 Å². The molecule has 6 atom stereocenters. The zero-order valence-corrected chi connectivity index (χ0v) is 11.6. The van der Waals surface area contributed by atoms with E-state index in [1.807, 2.05) is 20.8 Å². The normalized spacial score (nSPS) is 34.9. The van der Waals surface area contributed by atoms with Crippen molar-refractivity contribution < 1.29 is 19.4 Å². The van der Waals surface area contributed by atoms with Gasteiger partial charge in [0.2, 0.25) is 5.91 Å². The lowest BCUT2D eigenvalue weighted by atomic mass is 9.88. The molecule has 5 heteroatoms. The van der Waals surface area contributed by atoms with Gasteiger partial charge >= 0.3 is 5.97 Å². The summed E-state index contributed by atoms with van der Waals surface area (Å²) in [4.78, 5) is 23.0. The number of carboxylic acids is 1. The van der Waals surface area contributed by atoms with Crippen LogP contribution < -0.4 is 5.32 Å². The molecule has 0 aliphatic carbocycles. The average Bonchev–Trinajstić information content (AvgIpc) is 2.51. The zero-order chi connectivity index (χ0) is 14.0. The van der Waals surface area contributed by atoms with Gasteiger partial charge in [0.1, 0.15) is 0 Å². The fraction of sp³-hybridized carbons (Fsp3) is 0.846. The molecule has 0 saturated carbocycles. The quantitative estimate of drug-likeness (QED) is 0.795. The Balaban J connectivity index is 2.63. The van der Waals surface area contributed by atoms with Crippen molar-refractivity contribution in [2.24, 2.45) is 17.8 Å². The summed E-state index contributed by atoms with van der Waals surface area (Å²) in [5.41, 5.74) is 0. The third-order valence-electron chi connectivity index (χ3n) is 4.05. The second-order valence-electron chi connectivity index (χ2n) is 5.36. The van der Waals surface area contributed by atoms with Crippen molar-refractivity contribution in [3.63, 3.8) is 0 Å². The molecule has 2 N–H and O–H groups in total. The van der Waals surface area contributed by atoms with Gasteiger partial charge in [-0.3, -0.25) is 9.59 Å². The van der Waals surface area contributed by atoms with Gasteiger partial charge in [0.05, 0.1) is 24.0 Å². The molecular formula is C13H23NO4. The van der Waals surface area contributed by atoms with Gasteiger partial charge in [-0.25, -0.2) is 0 Å². The first-order valence-electron chi connectivity index (χ1n) is 6.44. The molecule has 0 aromatic heterocycles. The summed E-state index contributed by atoms with van der Waals surface area (Å²) >= 11 is 0. The third-order valence-corrected chi connectivity index (χ3v) is 4.05. The molecule has 0 bridgehead atoms. The number of carboxylic acid groups (broad SMARTS) is 1. The molecule has 1 heterocycles. The van der Waals surface area contributed by atoms with Crippen LogP contribution in [0.3, 0.4) is 0 Å². The van der Waals surface area contributed by atoms with Crippen LogP contribution in [0, 0.1) is 17.8 Å². The number of carbonyl (C=O) groups is 2. The van der Waals surface area contributed by atoms with E-state index in [0.717, 1.165) is 0 Å². The van der Waals surface area contributed by atoms with E-state index >= 15 is 0 Å². The van der Waals surface area contributed by atoms with Crippen molar-refractivity contribution >= 4 is 11.9 Å². The summed E-state index contributed by atoms with van der Waals surface area (Å²) < 4.78 is 5.62. The van der Waals surface area contributed by atoms with Crippen LogP contribution in [0.1, 0.15) is 34.6 Å². The molecule has 6 unspecified atom stereocenters. The molecule has 0 spiro atoms. The van der Waals surface area contributed by atoms with E-state index < -0.39 is 11.9 Å². The van der Waals surface area contributed by atoms with Gasteiger partial charge in [-0.2, -0.15) is 0 Å². The third kappa shape index (κ3) is 3.02. The van der Waals surface area contributed by atoms with Crippen molar-refractivity contribution in [3.8, 4) is 0 Å². The summed E-state index contributed by atoms with van der Waals surface area (Å²) in [7, 11) is 0. The second-order valence-corrected chi connectivity index (χ2v) is 5.36. The topological polar surface area (TPSA) is 75.6 Å². The number of ether oxygens (including phenoxy) is 1. The van der Waals surface area contributed by atoms with E-state index in [9.17, 15) is 9.59 Å². The number of rotatable bonds is 4. The minimum absolute atomic E-state index is 0.0583. The molecule has 0 aromatic rings. The van der Waals surface area contributed by atoms with Gasteiger partial charge in [-0.1, -0.05) is 6.92 Å². The Kier molecular flexibility index (Phi) is 4.73. The lowest BCUT2D eigenvalue weighted by Crippen LogP contribution is -2.45. The highest BCUT2D eigenvalue weighted by atomic mass is 16.5. The smallest absolute Gasteiger partial charge is 0.308 e. The van der Waals surface area contributed by atoms with Crippen LogP contribution in [0.15, 0.2) is 0 Å². The molecule has 0 aromatic carbocycles. The molecule has 1 fully saturated rings. The maximum Gasteiger partial charge on any atom is 0.308 e. The Bertz CT molecular complexity index is 331. The van der Waals surface area contributed by atoms with Gasteiger partial charge in [0, 0.05) is 6.04 Å². The maximum atomic E-state index is 12.2. The van der Waals surface area contributed by atoms with Gasteiger partial charge in [0.25, 0.3) is 0 Å². The van der Waals surface area contributed by atoms with Gasteiger partial charge in [-0.05, 0) is 33.6 Å². The average molecular weight is 257 g/mol. The summed E-state index contributed by atoms with van der Waals surface area (Å²) in [6.07, 6.45) is -0.0645. The predicted molar refractivity (Wildman–Crippen MR) is 67.1 cm³/mol. The Morgan fingerprint density at radius 2 is 1.72 bits per heavy atom. The summed E-state index contributed by atoms with van der Waals surface area (Å²) in [6, 6.07) is -0.384. The molecule has 18 heavy (non-hydrogen) atoms. The highest BCUT2D eigenvalue weighted by Crippen LogP contribution is 2.32. The highest BCUT2D eigenvalue weighted by Gasteiger charge is 2.42. The van der Waals surface area contributed by atoms with Crippen LogP contribution in [0.5, 0.6) is 0 Å². The molecule has 1 rings (SSSR count). The first-order valence-corrected chi connectivity index (χ1v) is 6.44.